The first-order chi connectivity index (χ1) is 18.2. The fraction of sp³-hybridized carbons (Fsp3) is 0.609. The molecule has 208 valence electrons. The second kappa shape index (κ2) is 13.5. The van der Waals surface area contributed by atoms with Crippen molar-refractivity contribution in [3.8, 4) is 0 Å². The van der Waals surface area contributed by atoms with Crippen molar-refractivity contribution in [2.24, 2.45) is 5.92 Å². The largest absolute Gasteiger partial charge is 0.481 e. The molecule has 2 aromatic rings. The van der Waals surface area contributed by atoms with Gasteiger partial charge in [-0.3, -0.25) is 9.59 Å². The Morgan fingerprint density at radius 2 is 1.92 bits per heavy atom. The quantitative estimate of drug-likeness (QED) is 0.0831. The second-order valence-electron chi connectivity index (χ2n) is 8.99. The van der Waals surface area contributed by atoms with Crippen LogP contribution in [0, 0.1) is 5.92 Å². The Kier molecular flexibility index (Phi) is 10.4. The smallest absolute Gasteiger partial charge is 0.326 e. The molecule has 3 rings (SSSR count). The number of nitrogens with zero attached hydrogens (tertiary/aromatic N) is 5. The molecule has 0 saturated heterocycles. The molecule has 0 bridgehead atoms. The third-order valence-corrected chi connectivity index (χ3v) is 7.11. The predicted molar refractivity (Wildman–Crippen MR) is 138 cm³/mol. The highest BCUT2D eigenvalue weighted by Crippen LogP contribution is 2.37. The van der Waals surface area contributed by atoms with Gasteiger partial charge >= 0.3 is 11.9 Å². The molecule has 38 heavy (non-hydrogen) atoms. The molecule has 0 spiro atoms. The van der Waals surface area contributed by atoms with E-state index in [9.17, 15) is 24.6 Å². The van der Waals surface area contributed by atoms with E-state index in [1.165, 1.54) is 22.5 Å². The van der Waals surface area contributed by atoms with Crippen molar-refractivity contribution in [1.82, 2.24) is 30.3 Å². The van der Waals surface area contributed by atoms with Gasteiger partial charge in [0, 0.05) is 18.2 Å². The summed E-state index contributed by atoms with van der Waals surface area (Å²) in [6, 6.07) is -2.30. The summed E-state index contributed by atoms with van der Waals surface area (Å²) in [6.45, 7) is 4.83. The number of aromatic nitrogens is 5. The molecule has 14 nitrogen and oxygen atoms in total. The molecule has 5 atom stereocenters. The highest BCUT2D eigenvalue weighted by molar-refractivity contribution is 7.99. The van der Waals surface area contributed by atoms with Gasteiger partial charge in [-0.25, -0.2) is 19.4 Å². The number of carbonyl (C=O) groups is 3. The molecule has 2 heterocycles. The monoisotopic (exact) mass is 551 g/mol. The van der Waals surface area contributed by atoms with Gasteiger partial charge < -0.3 is 31.1 Å². The van der Waals surface area contributed by atoms with Gasteiger partial charge in [0.25, 0.3) is 0 Å². The van der Waals surface area contributed by atoms with E-state index in [-0.39, 0.29) is 6.42 Å². The molecular weight excluding hydrogens is 518 g/mol. The van der Waals surface area contributed by atoms with E-state index in [4.69, 9.17) is 10.2 Å². The topological polar surface area (TPSA) is 213 Å². The highest BCUT2D eigenvalue weighted by atomic mass is 32.2. The number of unbranched alkanes of at least 4 members (excludes halogenated alkanes) is 1. The molecule has 0 aromatic carbocycles. The molecule has 1 aliphatic carbocycles. The lowest BCUT2D eigenvalue weighted by Gasteiger charge is -2.17. The van der Waals surface area contributed by atoms with Gasteiger partial charge in [-0.2, -0.15) is 0 Å². The zero-order valence-electron chi connectivity index (χ0n) is 21.1. The minimum Gasteiger partial charge on any atom is -0.481 e. The zero-order valence-corrected chi connectivity index (χ0v) is 22.0. The third kappa shape index (κ3) is 7.17. The van der Waals surface area contributed by atoms with Crippen LogP contribution < -0.4 is 10.6 Å². The maximum absolute atomic E-state index is 12.2. The summed E-state index contributed by atoms with van der Waals surface area (Å²) in [5.74, 6) is -2.99. The maximum atomic E-state index is 12.2. The number of rotatable bonds is 14. The fourth-order valence-electron chi connectivity index (χ4n) is 4.08. The van der Waals surface area contributed by atoms with Gasteiger partial charge in [0.05, 0.1) is 18.6 Å². The van der Waals surface area contributed by atoms with Crippen LogP contribution in [0.15, 0.2) is 17.3 Å². The van der Waals surface area contributed by atoms with Crippen LogP contribution in [0.1, 0.15) is 52.0 Å². The number of carboxylic acid groups (broad SMARTS) is 2. The molecular formula is C23H33N7O7S. The summed E-state index contributed by atoms with van der Waals surface area (Å²) in [5.41, 5.74) is 0.856. The summed E-state index contributed by atoms with van der Waals surface area (Å²) >= 11 is 1.49. The van der Waals surface area contributed by atoms with E-state index in [0.717, 1.165) is 31.1 Å². The van der Waals surface area contributed by atoms with Gasteiger partial charge in [-0.05, 0) is 25.3 Å². The van der Waals surface area contributed by atoms with Gasteiger partial charge in [-0.15, -0.1) is 5.10 Å². The van der Waals surface area contributed by atoms with Crippen molar-refractivity contribution in [3.05, 3.63) is 12.2 Å². The lowest BCUT2D eigenvalue weighted by Crippen LogP contribution is -2.41. The number of anilines is 1. The maximum Gasteiger partial charge on any atom is 0.326 e. The second-order valence-corrected chi connectivity index (χ2v) is 10.1. The Balaban J connectivity index is 1.81. The zero-order chi connectivity index (χ0) is 27.8. The Hall–Kier alpha value is -3.30. The lowest BCUT2D eigenvalue weighted by atomic mass is 10.0. The fourth-order valence-corrected chi connectivity index (χ4v) is 4.77. The number of carbonyl (C=O) groups excluding carboxylic acids is 1. The number of thioether (sulfide) groups is 1. The van der Waals surface area contributed by atoms with Crippen LogP contribution in [0.5, 0.6) is 0 Å². The molecule has 4 unspecified atom stereocenters. The predicted octanol–water partition coefficient (Wildman–Crippen LogP) is 0.819. The van der Waals surface area contributed by atoms with E-state index in [2.05, 4.69) is 44.8 Å². The van der Waals surface area contributed by atoms with Gasteiger partial charge in [0.2, 0.25) is 5.91 Å². The first-order valence-corrected chi connectivity index (χ1v) is 13.4. The Bertz CT molecular complexity index is 1170. The first-order valence-electron chi connectivity index (χ1n) is 12.4. The van der Waals surface area contributed by atoms with Gasteiger partial charge in [0.1, 0.15) is 12.1 Å². The summed E-state index contributed by atoms with van der Waals surface area (Å²) < 4.78 is 1.47. The minimum atomic E-state index is -1.60. The average Bonchev–Trinajstić information content (AvgIpc) is 3.41. The molecule has 0 aliphatic heterocycles. The molecule has 1 aliphatic rings. The number of fused-ring (bicyclic) bond motifs is 1. The van der Waals surface area contributed by atoms with Gasteiger partial charge in [-0.1, -0.05) is 43.3 Å². The number of carboxylic acids is 2. The number of nitrogens with one attached hydrogen (secondary N) is 2. The summed E-state index contributed by atoms with van der Waals surface area (Å²) in [7, 11) is 0. The molecule has 6 N–H and O–H groups in total. The standard InChI is InChI=1S/C23H33N7O7S/c1-3-5-8-24-20-17-21(27-23(26-20)38-9-4-2)30(29-28-17)14-10-12(18(34)19(14)35)6-7-15(31)25-13(22(36)37)11-16(32)33/h6-7,12-14,18-19,34-35H,3-5,8-11H2,1-2H3,(H,25,31)(H,32,33)(H,36,37)(H,24,26,27)/t12?,13-,14?,18?,19?/m0/s1. The first kappa shape index (κ1) is 29.3. The Morgan fingerprint density at radius 1 is 1.16 bits per heavy atom. The van der Waals surface area contributed by atoms with Crippen molar-refractivity contribution < 1.29 is 34.8 Å². The van der Waals surface area contributed by atoms with Crippen molar-refractivity contribution in [2.75, 3.05) is 17.6 Å². The minimum absolute atomic E-state index is 0.197. The molecule has 15 heteroatoms. The molecule has 2 aromatic heterocycles. The van der Waals surface area contributed by atoms with Crippen molar-refractivity contribution >= 4 is 46.6 Å². The molecule has 1 fully saturated rings. The van der Waals surface area contributed by atoms with Crippen LogP contribution in [-0.4, -0.2) is 93.8 Å². The van der Waals surface area contributed by atoms with Crippen LogP contribution in [0.25, 0.3) is 11.2 Å². The van der Waals surface area contributed by atoms with Crippen LogP contribution in [0.3, 0.4) is 0 Å². The van der Waals surface area contributed by atoms with Crippen molar-refractivity contribution in [2.45, 2.75) is 75.4 Å². The van der Waals surface area contributed by atoms with E-state index in [1.54, 1.807) is 0 Å². The van der Waals surface area contributed by atoms with Crippen LogP contribution >= 0.6 is 11.8 Å². The molecule has 1 saturated carbocycles. The Labute approximate surface area is 222 Å². The summed E-state index contributed by atoms with van der Waals surface area (Å²) in [6.07, 6.45) is 2.19. The molecule has 0 radical (unpaired) electrons. The third-order valence-electron chi connectivity index (χ3n) is 6.06. The van der Waals surface area contributed by atoms with E-state index >= 15 is 0 Å². The number of hydrogen-bond donors (Lipinski definition) is 6. The van der Waals surface area contributed by atoms with E-state index in [0.29, 0.717) is 28.7 Å². The number of aliphatic hydroxyl groups excluding tert-OH is 2. The molecule has 1 amide bonds. The Morgan fingerprint density at radius 3 is 2.58 bits per heavy atom. The van der Waals surface area contributed by atoms with Gasteiger partial charge in [0.15, 0.2) is 22.1 Å². The van der Waals surface area contributed by atoms with Crippen molar-refractivity contribution in [1.29, 1.82) is 0 Å². The van der Waals surface area contributed by atoms with E-state index < -0.39 is 54.5 Å². The summed E-state index contributed by atoms with van der Waals surface area (Å²) in [5, 5.41) is 53.7. The van der Waals surface area contributed by atoms with Crippen LogP contribution in [0.2, 0.25) is 0 Å². The normalized spacial score (nSPS) is 22.1. The number of hydrogen-bond acceptors (Lipinski definition) is 11. The number of amides is 1. The average molecular weight is 552 g/mol. The summed E-state index contributed by atoms with van der Waals surface area (Å²) in [4.78, 5) is 43.4. The van der Waals surface area contributed by atoms with Crippen LogP contribution in [-0.2, 0) is 14.4 Å². The van der Waals surface area contributed by atoms with E-state index in [1.807, 2.05) is 0 Å². The lowest BCUT2D eigenvalue weighted by molar-refractivity contribution is -0.146. The van der Waals surface area contributed by atoms with Crippen molar-refractivity contribution in [3.63, 3.8) is 0 Å². The number of aliphatic hydroxyl groups is 2. The number of aliphatic carboxylic acids is 2. The highest BCUT2D eigenvalue weighted by Gasteiger charge is 2.43. The SMILES string of the molecule is CCCCNc1nc(SCCC)nc2c1nnn2C1CC(C=CC(=O)N[C@@H](CC(=O)O)C(=O)O)C(O)C1O. The van der Waals surface area contributed by atoms with Crippen LogP contribution in [0.4, 0.5) is 5.82 Å².